The summed E-state index contributed by atoms with van der Waals surface area (Å²) in [5.74, 6) is 1.71. The number of nitriles is 1. The third-order valence-corrected chi connectivity index (χ3v) is 2.91. The minimum absolute atomic E-state index is 0.438. The average Bonchev–Trinajstić information content (AvgIpc) is 2.47. The second kappa shape index (κ2) is 4.86. The van der Waals surface area contributed by atoms with Crippen molar-refractivity contribution >= 4 is 28.2 Å². The molecule has 2 heterocycles. The Balaban J connectivity index is 2.09. The Kier molecular flexibility index (Phi) is 2.90. The third-order valence-electron chi connectivity index (χ3n) is 2.91. The van der Waals surface area contributed by atoms with Crippen LogP contribution in [0.2, 0.25) is 0 Å². The summed E-state index contributed by atoms with van der Waals surface area (Å²) >= 11 is 0. The number of hydrogen-bond acceptors (Lipinski definition) is 5. The molecule has 1 aromatic carbocycles. The fraction of sp³-hybridized carbons (Fsp3) is 0. The standard InChI is InChI=1S/C15H11N5/c16-9-10-4-5-11-6-7-18-15(12(11)8-10)20-14-3-1-2-13(17)19-14/h1-8H,(H3,17,18,19,20). The van der Waals surface area contributed by atoms with Crippen LogP contribution in [0.4, 0.5) is 17.5 Å². The maximum absolute atomic E-state index is 8.99. The number of fused-ring (bicyclic) bond motifs is 1. The molecule has 0 saturated carbocycles. The van der Waals surface area contributed by atoms with Gasteiger partial charge in [-0.3, -0.25) is 0 Å². The first kappa shape index (κ1) is 11.9. The molecule has 0 unspecified atom stereocenters. The van der Waals surface area contributed by atoms with E-state index in [1.54, 1.807) is 24.4 Å². The second-order valence-electron chi connectivity index (χ2n) is 4.28. The van der Waals surface area contributed by atoms with E-state index >= 15 is 0 Å². The molecule has 0 saturated heterocycles. The molecule has 5 heteroatoms. The average molecular weight is 261 g/mol. The van der Waals surface area contributed by atoms with Gasteiger partial charge in [-0.1, -0.05) is 12.1 Å². The summed E-state index contributed by atoms with van der Waals surface area (Å²) in [6.45, 7) is 0. The third kappa shape index (κ3) is 2.22. The van der Waals surface area contributed by atoms with Gasteiger partial charge in [0.25, 0.3) is 0 Å². The first-order chi connectivity index (χ1) is 9.76. The fourth-order valence-corrected chi connectivity index (χ4v) is 1.98. The van der Waals surface area contributed by atoms with Crippen LogP contribution in [0.5, 0.6) is 0 Å². The Morgan fingerprint density at radius 1 is 1.15 bits per heavy atom. The molecule has 3 aromatic rings. The van der Waals surface area contributed by atoms with Crippen molar-refractivity contribution in [2.45, 2.75) is 0 Å². The van der Waals surface area contributed by atoms with Crippen molar-refractivity contribution in [1.29, 1.82) is 5.26 Å². The topological polar surface area (TPSA) is 87.6 Å². The summed E-state index contributed by atoms with van der Waals surface area (Å²) in [7, 11) is 0. The van der Waals surface area contributed by atoms with E-state index in [1.165, 1.54) is 0 Å². The molecule has 2 aromatic heterocycles. The molecule has 0 fully saturated rings. The van der Waals surface area contributed by atoms with Gasteiger partial charge >= 0.3 is 0 Å². The van der Waals surface area contributed by atoms with E-state index in [0.717, 1.165) is 10.8 Å². The SMILES string of the molecule is N#Cc1ccc2ccnc(Nc3cccc(N)n3)c2c1. The van der Waals surface area contributed by atoms with Crippen LogP contribution in [0, 0.1) is 11.3 Å². The van der Waals surface area contributed by atoms with Gasteiger partial charge in [0.2, 0.25) is 0 Å². The van der Waals surface area contributed by atoms with Gasteiger partial charge in [0.15, 0.2) is 0 Å². The Morgan fingerprint density at radius 2 is 2.05 bits per heavy atom. The number of nitrogens with one attached hydrogen (secondary N) is 1. The molecule has 0 amide bonds. The number of nitrogen functional groups attached to an aromatic ring is 1. The minimum Gasteiger partial charge on any atom is -0.384 e. The summed E-state index contributed by atoms with van der Waals surface area (Å²) in [6, 6.07) is 14.9. The number of hydrogen-bond donors (Lipinski definition) is 2. The van der Waals surface area contributed by atoms with Crippen molar-refractivity contribution in [2.75, 3.05) is 11.1 Å². The van der Waals surface area contributed by atoms with E-state index in [9.17, 15) is 0 Å². The van der Waals surface area contributed by atoms with Gasteiger partial charge in [0, 0.05) is 11.6 Å². The second-order valence-corrected chi connectivity index (χ2v) is 4.28. The van der Waals surface area contributed by atoms with Crippen molar-refractivity contribution < 1.29 is 0 Å². The number of benzene rings is 1. The lowest BCUT2D eigenvalue weighted by molar-refractivity contribution is 1.27. The zero-order chi connectivity index (χ0) is 13.9. The summed E-state index contributed by atoms with van der Waals surface area (Å²) < 4.78 is 0. The highest BCUT2D eigenvalue weighted by molar-refractivity contribution is 5.93. The van der Waals surface area contributed by atoms with Crippen LogP contribution in [0.15, 0.2) is 48.7 Å². The van der Waals surface area contributed by atoms with Gasteiger partial charge in [0.1, 0.15) is 17.5 Å². The zero-order valence-electron chi connectivity index (χ0n) is 10.5. The van der Waals surface area contributed by atoms with Gasteiger partial charge in [-0.15, -0.1) is 0 Å². The molecule has 0 aliphatic rings. The van der Waals surface area contributed by atoms with Crippen LogP contribution in [0.3, 0.4) is 0 Å². The van der Waals surface area contributed by atoms with Gasteiger partial charge in [-0.05, 0) is 35.7 Å². The fourth-order valence-electron chi connectivity index (χ4n) is 1.98. The van der Waals surface area contributed by atoms with Crippen molar-refractivity contribution in [2.24, 2.45) is 0 Å². The van der Waals surface area contributed by atoms with Crippen LogP contribution in [-0.2, 0) is 0 Å². The maximum atomic E-state index is 8.99. The van der Waals surface area contributed by atoms with Crippen LogP contribution < -0.4 is 11.1 Å². The molecule has 0 aliphatic carbocycles. The predicted octanol–water partition coefficient (Wildman–Crippen LogP) is 2.83. The summed E-state index contributed by atoms with van der Waals surface area (Å²) in [5.41, 5.74) is 6.25. The minimum atomic E-state index is 0.438. The van der Waals surface area contributed by atoms with Crippen molar-refractivity contribution in [1.82, 2.24) is 9.97 Å². The largest absolute Gasteiger partial charge is 0.384 e. The first-order valence-electron chi connectivity index (χ1n) is 6.05. The summed E-state index contributed by atoms with van der Waals surface area (Å²) in [5, 5.41) is 14.0. The van der Waals surface area contributed by atoms with Crippen LogP contribution in [0.25, 0.3) is 10.8 Å². The van der Waals surface area contributed by atoms with E-state index in [2.05, 4.69) is 21.4 Å². The maximum Gasteiger partial charge on any atom is 0.139 e. The van der Waals surface area contributed by atoms with E-state index in [-0.39, 0.29) is 0 Å². The Bertz CT molecular complexity index is 820. The molecule has 96 valence electrons. The Labute approximate surface area is 115 Å². The summed E-state index contributed by atoms with van der Waals surface area (Å²) in [4.78, 5) is 8.49. The smallest absolute Gasteiger partial charge is 0.139 e. The Morgan fingerprint density at radius 3 is 2.85 bits per heavy atom. The molecule has 0 bridgehead atoms. The van der Waals surface area contributed by atoms with Gasteiger partial charge in [-0.25, -0.2) is 9.97 Å². The van der Waals surface area contributed by atoms with E-state index in [0.29, 0.717) is 23.0 Å². The molecule has 0 atom stereocenters. The van der Waals surface area contributed by atoms with Crippen molar-refractivity contribution in [3.05, 3.63) is 54.2 Å². The van der Waals surface area contributed by atoms with Gasteiger partial charge in [-0.2, -0.15) is 5.26 Å². The number of aromatic nitrogens is 2. The van der Waals surface area contributed by atoms with Crippen LogP contribution >= 0.6 is 0 Å². The van der Waals surface area contributed by atoms with Crippen LogP contribution in [0.1, 0.15) is 5.56 Å². The quantitative estimate of drug-likeness (QED) is 0.740. The number of anilines is 3. The molecular formula is C15H11N5. The number of nitrogens with two attached hydrogens (primary N) is 1. The number of rotatable bonds is 2. The van der Waals surface area contributed by atoms with Crippen molar-refractivity contribution in [3.63, 3.8) is 0 Å². The van der Waals surface area contributed by atoms with E-state index < -0.39 is 0 Å². The predicted molar refractivity (Wildman–Crippen MR) is 78.4 cm³/mol. The monoisotopic (exact) mass is 261 g/mol. The highest BCUT2D eigenvalue weighted by Crippen LogP contribution is 2.24. The first-order valence-corrected chi connectivity index (χ1v) is 6.05. The highest BCUT2D eigenvalue weighted by atomic mass is 15.1. The van der Waals surface area contributed by atoms with Gasteiger partial charge < -0.3 is 11.1 Å². The summed E-state index contributed by atoms with van der Waals surface area (Å²) in [6.07, 6.45) is 1.71. The molecular weight excluding hydrogens is 250 g/mol. The molecule has 0 aliphatic heterocycles. The van der Waals surface area contributed by atoms with Crippen molar-refractivity contribution in [3.8, 4) is 6.07 Å². The Hall–Kier alpha value is -3.13. The molecule has 5 nitrogen and oxygen atoms in total. The normalized spacial score (nSPS) is 10.2. The molecule has 3 rings (SSSR count). The lowest BCUT2D eigenvalue weighted by Gasteiger charge is -2.08. The van der Waals surface area contributed by atoms with Crippen LogP contribution in [-0.4, -0.2) is 9.97 Å². The van der Waals surface area contributed by atoms with Gasteiger partial charge in [0.05, 0.1) is 11.6 Å². The molecule has 0 spiro atoms. The lowest BCUT2D eigenvalue weighted by Crippen LogP contribution is -1.99. The molecule has 0 radical (unpaired) electrons. The highest BCUT2D eigenvalue weighted by Gasteiger charge is 2.05. The number of pyridine rings is 2. The molecule has 3 N–H and O–H groups in total. The zero-order valence-corrected chi connectivity index (χ0v) is 10.5. The molecule has 20 heavy (non-hydrogen) atoms. The van der Waals surface area contributed by atoms with E-state index in [4.69, 9.17) is 11.0 Å². The lowest BCUT2D eigenvalue weighted by atomic mass is 10.1. The van der Waals surface area contributed by atoms with E-state index in [1.807, 2.05) is 24.3 Å². The number of nitrogens with zero attached hydrogens (tertiary/aromatic N) is 3.